The molecule has 0 radical (unpaired) electrons. The van der Waals surface area contributed by atoms with Gasteiger partial charge in [-0.1, -0.05) is 25.1 Å². The maximum atomic E-state index is 12.8. The molecule has 0 fully saturated rings. The third-order valence-corrected chi connectivity index (χ3v) is 4.63. The summed E-state index contributed by atoms with van der Waals surface area (Å²) in [5.74, 6) is -0.784. The highest BCUT2D eigenvalue weighted by molar-refractivity contribution is 6.06. The third kappa shape index (κ3) is 4.24. The van der Waals surface area contributed by atoms with Crippen molar-refractivity contribution in [1.82, 2.24) is 15.6 Å². The van der Waals surface area contributed by atoms with E-state index < -0.39 is 24.5 Å². The summed E-state index contributed by atoms with van der Waals surface area (Å²) in [6.45, 7) is 3.76. The first-order valence-electron chi connectivity index (χ1n) is 9.14. The van der Waals surface area contributed by atoms with E-state index in [9.17, 15) is 14.4 Å². The number of imide groups is 1. The molecule has 3 rings (SSSR count). The Bertz CT molecular complexity index is 894. The third-order valence-electron chi connectivity index (χ3n) is 4.63. The fourth-order valence-corrected chi connectivity index (χ4v) is 3.37. The Morgan fingerprint density at radius 3 is 2.81 bits per heavy atom. The summed E-state index contributed by atoms with van der Waals surface area (Å²) in [7, 11) is 0. The number of benzene rings is 1. The summed E-state index contributed by atoms with van der Waals surface area (Å²) < 4.78 is 5.22. The Balaban J connectivity index is 1.84. The molecule has 1 heterocycles. The van der Waals surface area contributed by atoms with Gasteiger partial charge in [-0.3, -0.25) is 15.1 Å². The lowest BCUT2D eigenvalue weighted by Crippen LogP contribution is -2.41. The average Bonchev–Trinajstić information content (AvgIpc) is 2.64. The van der Waals surface area contributed by atoms with E-state index in [0.717, 1.165) is 41.4 Å². The molecule has 1 aromatic carbocycles. The molecule has 0 spiro atoms. The van der Waals surface area contributed by atoms with Gasteiger partial charge in [0.1, 0.15) is 0 Å². The van der Waals surface area contributed by atoms with Crippen molar-refractivity contribution < 1.29 is 19.1 Å². The van der Waals surface area contributed by atoms with Gasteiger partial charge in [0.25, 0.3) is 5.91 Å². The van der Waals surface area contributed by atoms with Gasteiger partial charge in [0, 0.05) is 17.6 Å². The second-order valence-corrected chi connectivity index (χ2v) is 6.76. The lowest BCUT2D eigenvalue weighted by Gasteiger charge is -2.24. The molecule has 1 aromatic heterocycles. The predicted octanol–water partition coefficient (Wildman–Crippen LogP) is 2.36. The van der Waals surface area contributed by atoms with E-state index in [4.69, 9.17) is 9.72 Å². The molecule has 2 aromatic rings. The number of hydrogen-bond acceptors (Lipinski definition) is 5. The first-order valence-corrected chi connectivity index (χ1v) is 9.14. The molecular weight excluding hydrogens is 346 g/mol. The number of fused-ring (bicyclic) bond motifs is 2. The zero-order chi connectivity index (χ0) is 19.4. The smallest absolute Gasteiger partial charge is 0.339 e. The Morgan fingerprint density at radius 2 is 2.04 bits per heavy atom. The van der Waals surface area contributed by atoms with E-state index in [-0.39, 0.29) is 0 Å². The van der Waals surface area contributed by atoms with Crippen molar-refractivity contribution in [2.45, 2.75) is 33.1 Å². The summed E-state index contributed by atoms with van der Waals surface area (Å²) in [5, 5.41) is 5.28. The zero-order valence-electron chi connectivity index (χ0n) is 15.5. The van der Waals surface area contributed by atoms with E-state index in [1.54, 1.807) is 6.92 Å². The molecule has 7 nitrogen and oxygen atoms in total. The molecule has 1 aliphatic rings. The molecule has 0 saturated heterocycles. The number of para-hydroxylation sites is 1. The lowest BCUT2D eigenvalue weighted by molar-refractivity contribution is -0.123. The molecule has 0 bridgehead atoms. The standard InChI is InChI=1S/C20H23N3O4/c1-3-21-20(26)23-17(24)11-27-19(25)18-13-6-4-5-7-15(13)22-16-9-8-12(2)10-14(16)18/h4-7,12H,3,8-11H2,1-2H3,(H2,21,23,24,26). The van der Waals surface area contributed by atoms with Crippen LogP contribution in [0.2, 0.25) is 0 Å². The van der Waals surface area contributed by atoms with Gasteiger partial charge in [0.15, 0.2) is 6.61 Å². The van der Waals surface area contributed by atoms with Gasteiger partial charge in [0.2, 0.25) is 0 Å². The summed E-state index contributed by atoms with van der Waals surface area (Å²) in [4.78, 5) is 40.7. The number of ether oxygens (including phenoxy) is 1. The monoisotopic (exact) mass is 369 g/mol. The number of nitrogens with one attached hydrogen (secondary N) is 2. The second-order valence-electron chi connectivity index (χ2n) is 6.76. The Labute approximate surface area is 157 Å². The van der Waals surface area contributed by atoms with E-state index in [1.165, 1.54) is 0 Å². The van der Waals surface area contributed by atoms with Crippen molar-refractivity contribution in [3.05, 3.63) is 41.1 Å². The number of carbonyl (C=O) groups excluding carboxylic acids is 3. The maximum absolute atomic E-state index is 12.8. The number of amides is 3. The van der Waals surface area contributed by atoms with Crippen LogP contribution in [0.25, 0.3) is 10.9 Å². The van der Waals surface area contributed by atoms with Crippen molar-refractivity contribution in [3.8, 4) is 0 Å². The summed E-state index contributed by atoms with van der Waals surface area (Å²) in [5.41, 5.74) is 3.05. The van der Waals surface area contributed by atoms with Crippen molar-refractivity contribution >= 4 is 28.8 Å². The van der Waals surface area contributed by atoms with Crippen LogP contribution in [0.3, 0.4) is 0 Å². The predicted molar refractivity (Wildman–Crippen MR) is 100 cm³/mol. The van der Waals surface area contributed by atoms with Crippen LogP contribution in [0.5, 0.6) is 0 Å². The topological polar surface area (TPSA) is 97.4 Å². The molecule has 0 aliphatic heterocycles. The maximum Gasteiger partial charge on any atom is 0.339 e. The quantitative estimate of drug-likeness (QED) is 0.807. The number of carbonyl (C=O) groups is 3. The fourth-order valence-electron chi connectivity index (χ4n) is 3.37. The number of aryl methyl sites for hydroxylation is 1. The molecular formula is C20H23N3O4. The first kappa shape index (κ1) is 18.8. The Morgan fingerprint density at radius 1 is 1.26 bits per heavy atom. The number of nitrogens with zero attached hydrogens (tertiary/aromatic N) is 1. The molecule has 3 amide bonds. The zero-order valence-corrected chi connectivity index (χ0v) is 15.5. The lowest BCUT2D eigenvalue weighted by atomic mass is 9.84. The van der Waals surface area contributed by atoms with Crippen molar-refractivity contribution in [2.24, 2.45) is 5.92 Å². The number of urea groups is 1. The van der Waals surface area contributed by atoms with Crippen LogP contribution < -0.4 is 10.6 Å². The van der Waals surface area contributed by atoms with Crippen LogP contribution in [0.1, 0.15) is 41.9 Å². The van der Waals surface area contributed by atoms with Gasteiger partial charge in [-0.05, 0) is 43.7 Å². The van der Waals surface area contributed by atoms with Gasteiger partial charge < -0.3 is 10.1 Å². The van der Waals surface area contributed by atoms with Crippen LogP contribution in [-0.4, -0.2) is 36.0 Å². The molecule has 1 aliphatic carbocycles. The van der Waals surface area contributed by atoms with Gasteiger partial charge in [-0.2, -0.15) is 0 Å². The van der Waals surface area contributed by atoms with E-state index >= 15 is 0 Å². The van der Waals surface area contributed by atoms with Gasteiger partial charge in [-0.15, -0.1) is 0 Å². The number of rotatable bonds is 4. The molecule has 142 valence electrons. The molecule has 0 saturated carbocycles. The largest absolute Gasteiger partial charge is 0.452 e. The van der Waals surface area contributed by atoms with E-state index in [2.05, 4.69) is 17.6 Å². The molecule has 1 atom stereocenters. The summed E-state index contributed by atoms with van der Waals surface area (Å²) in [6.07, 6.45) is 2.60. The molecule has 2 N–H and O–H groups in total. The molecule has 27 heavy (non-hydrogen) atoms. The minimum Gasteiger partial charge on any atom is -0.452 e. The Hall–Kier alpha value is -2.96. The highest BCUT2D eigenvalue weighted by Crippen LogP contribution is 2.31. The Kier molecular flexibility index (Phi) is 5.69. The van der Waals surface area contributed by atoms with Crippen LogP contribution in [0.15, 0.2) is 24.3 Å². The molecule has 1 unspecified atom stereocenters. The minimum atomic E-state index is -0.671. The summed E-state index contributed by atoms with van der Waals surface area (Å²) in [6, 6.07) is 6.82. The van der Waals surface area contributed by atoms with E-state index in [1.807, 2.05) is 24.3 Å². The normalized spacial score (nSPS) is 15.7. The number of esters is 1. The summed E-state index contributed by atoms with van der Waals surface area (Å²) >= 11 is 0. The van der Waals surface area contributed by atoms with Crippen LogP contribution in [0.4, 0.5) is 4.79 Å². The van der Waals surface area contributed by atoms with Crippen molar-refractivity contribution in [2.75, 3.05) is 13.2 Å². The number of pyridine rings is 1. The van der Waals surface area contributed by atoms with Crippen LogP contribution >= 0.6 is 0 Å². The number of aromatic nitrogens is 1. The van der Waals surface area contributed by atoms with Crippen LogP contribution in [-0.2, 0) is 22.4 Å². The number of hydrogen-bond donors (Lipinski definition) is 2. The van der Waals surface area contributed by atoms with Gasteiger partial charge in [-0.25, -0.2) is 9.59 Å². The van der Waals surface area contributed by atoms with Gasteiger partial charge in [0.05, 0.1) is 11.1 Å². The van der Waals surface area contributed by atoms with E-state index in [0.29, 0.717) is 18.0 Å². The van der Waals surface area contributed by atoms with Crippen molar-refractivity contribution in [1.29, 1.82) is 0 Å². The SMILES string of the molecule is CCNC(=O)NC(=O)COC(=O)c1c2c(nc3ccccc13)CCC(C)C2. The van der Waals surface area contributed by atoms with Gasteiger partial charge >= 0.3 is 12.0 Å². The highest BCUT2D eigenvalue weighted by atomic mass is 16.5. The first-order chi connectivity index (χ1) is 13.0. The van der Waals surface area contributed by atoms with Crippen molar-refractivity contribution in [3.63, 3.8) is 0 Å². The average molecular weight is 369 g/mol. The highest BCUT2D eigenvalue weighted by Gasteiger charge is 2.26. The fraction of sp³-hybridized carbons (Fsp3) is 0.400. The minimum absolute atomic E-state index is 0.395. The second kappa shape index (κ2) is 8.16. The van der Waals surface area contributed by atoms with Crippen LogP contribution in [0, 0.1) is 5.92 Å². The molecule has 7 heteroatoms.